The van der Waals surface area contributed by atoms with Crippen LogP contribution in [0.25, 0.3) is 0 Å². The first-order valence-electron chi connectivity index (χ1n) is 8.31. The summed E-state index contributed by atoms with van der Waals surface area (Å²) in [5, 5.41) is 9.62. The van der Waals surface area contributed by atoms with Crippen LogP contribution < -0.4 is 10.6 Å². The van der Waals surface area contributed by atoms with E-state index >= 15 is 0 Å². The number of amides is 3. The van der Waals surface area contributed by atoms with Crippen LogP contribution in [-0.2, 0) is 4.79 Å². The molecule has 2 fully saturated rings. The average molecular weight is 320 g/mol. The lowest BCUT2D eigenvalue weighted by Crippen LogP contribution is -2.57. The summed E-state index contributed by atoms with van der Waals surface area (Å²) in [5.41, 5.74) is 0.887. The fourth-order valence-corrected chi connectivity index (χ4v) is 3.33. The average Bonchev–Trinajstić information content (AvgIpc) is 2.97. The SMILES string of the molecule is Cc1cc(C2CCN(C(=O)NC3C(=O)NCCC3C)CC2)on1. The number of nitrogens with one attached hydrogen (secondary N) is 2. The minimum Gasteiger partial charge on any atom is -0.361 e. The van der Waals surface area contributed by atoms with E-state index in [9.17, 15) is 9.59 Å². The second-order valence-corrected chi connectivity index (χ2v) is 6.62. The maximum absolute atomic E-state index is 12.4. The van der Waals surface area contributed by atoms with Crippen molar-refractivity contribution in [1.82, 2.24) is 20.7 Å². The molecule has 0 radical (unpaired) electrons. The summed E-state index contributed by atoms with van der Waals surface area (Å²) in [4.78, 5) is 26.1. The van der Waals surface area contributed by atoms with Crippen molar-refractivity contribution in [2.45, 2.75) is 45.1 Å². The number of hydrogen-bond donors (Lipinski definition) is 2. The lowest BCUT2D eigenvalue weighted by Gasteiger charge is -2.34. The van der Waals surface area contributed by atoms with E-state index in [0.717, 1.165) is 30.7 Å². The van der Waals surface area contributed by atoms with Crippen molar-refractivity contribution in [3.05, 3.63) is 17.5 Å². The molecule has 2 N–H and O–H groups in total. The third-order valence-electron chi connectivity index (χ3n) is 4.86. The molecule has 3 amide bonds. The van der Waals surface area contributed by atoms with Crippen molar-refractivity contribution in [1.29, 1.82) is 0 Å². The molecule has 0 aliphatic carbocycles. The summed E-state index contributed by atoms with van der Waals surface area (Å²) < 4.78 is 5.33. The van der Waals surface area contributed by atoms with Crippen molar-refractivity contribution in [2.24, 2.45) is 5.92 Å². The molecular weight excluding hydrogens is 296 g/mol. The van der Waals surface area contributed by atoms with Gasteiger partial charge in [-0.25, -0.2) is 4.79 Å². The van der Waals surface area contributed by atoms with E-state index in [2.05, 4.69) is 15.8 Å². The van der Waals surface area contributed by atoms with Gasteiger partial charge in [-0.05, 0) is 32.1 Å². The number of aryl methyl sites for hydroxylation is 1. The molecule has 2 atom stereocenters. The van der Waals surface area contributed by atoms with Gasteiger partial charge in [-0.1, -0.05) is 12.1 Å². The number of piperidine rings is 2. The number of nitrogens with zero attached hydrogens (tertiary/aromatic N) is 2. The summed E-state index contributed by atoms with van der Waals surface area (Å²) in [5.74, 6) is 1.31. The molecule has 3 rings (SSSR count). The van der Waals surface area contributed by atoms with Gasteiger partial charge in [0, 0.05) is 31.6 Å². The molecule has 2 aliphatic rings. The topological polar surface area (TPSA) is 87.5 Å². The molecule has 126 valence electrons. The van der Waals surface area contributed by atoms with Crippen molar-refractivity contribution in [3.63, 3.8) is 0 Å². The van der Waals surface area contributed by atoms with Gasteiger partial charge in [-0.15, -0.1) is 0 Å². The van der Waals surface area contributed by atoms with E-state index in [-0.39, 0.29) is 17.9 Å². The zero-order valence-corrected chi connectivity index (χ0v) is 13.7. The standard InChI is InChI=1S/C16H24N4O3/c1-10-3-6-17-15(21)14(10)18-16(22)20-7-4-12(5-8-20)13-9-11(2)19-23-13/h9-10,12,14H,3-8H2,1-2H3,(H,17,21)(H,18,22). The Morgan fingerprint density at radius 2 is 2.13 bits per heavy atom. The number of urea groups is 1. The van der Waals surface area contributed by atoms with E-state index < -0.39 is 6.04 Å². The Morgan fingerprint density at radius 3 is 2.74 bits per heavy atom. The highest BCUT2D eigenvalue weighted by molar-refractivity contribution is 5.87. The van der Waals surface area contributed by atoms with Crippen molar-refractivity contribution < 1.29 is 14.1 Å². The number of likely N-dealkylation sites (tertiary alicyclic amines) is 1. The van der Waals surface area contributed by atoms with Gasteiger partial charge in [0.1, 0.15) is 11.8 Å². The first-order chi connectivity index (χ1) is 11.0. The molecule has 23 heavy (non-hydrogen) atoms. The third kappa shape index (κ3) is 3.48. The van der Waals surface area contributed by atoms with Crippen molar-refractivity contribution in [3.8, 4) is 0 Å². The zero-order chi connectivity index (χ0) is 16.4. The maximum atomic E-state index is 12.4. The Balaban J connectivity index is 1.53. The minimum absolute atomic E-state index is 0.0795. The molecule has 2 unspecified atom stereocenters. The third-order valence-corrected chi connectivity index (χ3v) is 4.86. The number of hydrogen-bond acceptors (Lipinski definition) is 4. The van der Waals surface area contributed by atoms with Gasteiger partial charge < -0.3 is 20.1 Å². The van der Waals surface area contributed by atoms with Crippen LogP contribution >= 0.6 is 0 Å². The summed E-state index contributed by atoms with van der Waals surface area (Å²) in [6, 6.07) is 1.39. The van der Waals surface area contributed by atoms with Gasteiger partial charge >= 0.3 is 6.03 Å². The Morgan fingerprint density at radius 1 is 1.39 bits per heavy atom. The highest BCUT2D eigenvalue weighted by atomic mass is 16.5. The fourth-order valence-electron chi connectivity index (χ4n) is 3.33. The Labute approximate surface area is 135 Å². The van der Waals surface area contributed by atoms with Gasteiger partial charge in [-0.3, -0.25) is 4.79 Å². The van der Waals surface area contributed by atoms with Crippen LogP contribution in [0.15, 0.2) is 10.6 Å². The summed E-state index contributed by atoms with van der Waals surface area (Å²) >= 11 is 0. The van der Waals surface area contributed by atoms with E-state index in [1.807, 2.05) is 19.9 Å². The van der Waals surface area contributed by atoms with Gasteiger partial charge in [-0.2, -0.15) is 0 Å². The normalized spacial score (nSPS) is 26.0. The smallest absolute Gasteiger partial charge is 0.318 e. The monoisotopic (exact) mass is 320 g/mol. The molecular formula is C16H24N4O3. The molecule has 2 saturated heterocycles. The van der Waals surface area contributed by atoms with Gasteiger partial charge in [0.15, 0.2) is 0 Å². The Kier molecular flexibility index (Phi) is 4.54. The quantitative estimate of drug-likeness (QED) is 0.862. The highest BCUT2D eigenvalue weighted by Crippen LogP contribution is 2.28. The van der Waals surface area contributed by atoms with E-state index in [1.165, 1.54) is 0 Å². The minimum atomic E-state index is -0.425. The maximum Gasteiger partial charge on any atom is 0.318 e. The fraction of sp³-hybridized carbons (Fsp3) is 0.688. The number of rotatable bonds is 2. The second kappa shape index (κ2) is 6.60. The van der Waals surface area contributed by atoms with Crippen LogP contribution in [0.1, 0.15) is 43.6 Å². The van der Waals surface area contributed by atoms with Crippen molar-refractivity contribution in [2.75, 3.05) is 19.6 Å². The molecule has 0 bridgehead atoms. The largest absolute Gasteiger partial charge is 0.361 e. The summed E-state index contributed by atoms with van der Waals surface area (Å²) in [6.07, 6.45) is 2.60. The van der Waals surface area contributed by atoms with Crippen LogP contribution in [0.2, 0.25) is 0 Å². The van der Waals surface area contributed by atoms with Gasteiger partial charge in [0.2, 0.25) is 5.91 Å². The molecule has 0 spiro atoms. The molecule has 2 aliphatic heterocycles. The van der Waals surface area contributed by atoms with Crippen LogP contribution in [0, 0.1) is 12.8 Å². The highest BCUT2D eigenvalue weighted by Gasteiger charge is 2.33. The molecule has 3 heterocycles. The Bertz CT molecular complexity index is 578. The lowest BCUT2D eigenvalue weighted by atomic mass is 9.93. The Hall–Kier alpha value is -2.05. The molecule has 1 aromatic rings. The van der Waals surface area contributed by atoms with Crippen LogP contribution in [0.3, 0.4) is 0 Å². The van der Waals surface area contributed by atoms with Crippen LogP contribution in [-0.4, -0.2) is 47.7 Å². The molecule has 7 nitrogen and oxygen atoms in total. The number of carbonyl (C=O) groups excluding carboxylic acids is 2. The van der Waals surface area contributed by atoms with Gasteiger partial charge in [0.25, 0.3) is 0 Å². The number of aromatic nitrogens is 1. The number of carbonyl (C=O) groups is 2. The predicted octanol–water partition coefficient (Wildman–Crippen LogP) is 1.40. The first kappa shape index (κ1) is 15.8. The molecule has 1 aromatic heterocycles. The molecule has 7 heteroatoms. The van der Waals surface area contributed by atoms with Crippen LogP contribution in [0.5, 0.6) is 0 Å². The predicted molar refractivity (Wildman–Crippen MR) is 83.9 cm³/mol. The summed E-state index contributed by atoms with van der Waals surface area (Å²) in [6.45, 7) is 5.93. The van der Waals surface area contributed by atoms with Crippen LogP contribution in [0.4, 0.5) is 4.79 Å². The lowest BCUT2D eigenvalue weighted by molar-refractivity contribution is -0.125. The zero-order valence-electron chi connectivity index (χ0n) is 13.7. The van der Waals surface area contributed by atoms with E-state index in [4.69, 9.17) is 4.52 Å². The molecule has 0 aromatic carbocycles. The van der Waals surface area contributed by atoms with Crippen molar-refractivity contribution >= 4 is 11.9 Å². The first-order valence-corrected chi connectivity index (χ1v) is 8.31. The summed E-state index contributed by atoms with van der Waals surface area (Å²) in [7, 11) is 0. The van der Waals surface area contributed by atoms with E-state index in [1.54, 1.807) is 4.90 Å². The van der Waals surface area contributed by atoms with Gasteiger partial charge in [0.05, 0.1) is 5.69 Å². The second-order valence-electron chi connectivity index (χ2n) is 6.62. The van der Waals surface area contributed by atoms with E-state index in [0.29, 0.717) is 25.6 Å². The molecule has 0 saturated carbocycles.